The number of rotatable bonds is 6. The summed E-state index contributed by atoms with van der Waals surface area (Å²) in [5.74, 6) is 0.391. The van der Waals surface area contributed by atoms with E-state index in [9.17, 15) is 26.9 Å². The van der Waals surface area contributed by atoms with Crippen LogP contribution < -0.4 is 5.32 Å². The first-order chi connectivity index (χ1) is 13.1. The van der Waals surface area contributed by atoms with E-state index in [1.807, 2.05) is 0 Å². The summed E-state index contributed by atoms with van der Waals surface area (Å²) < 4.78 is 64.5. The van der Waals surface area contributed by atoms with Crippen LogP contribution in [-0.2, 0) is 16.0 Å². The van der Waals surface area contributed by atoms with E-state index in [2.05, 4.69) is 5.32 Å². The minimum atomic E-state index is -4.55. The summed E-state index contributed by atoms with van der Waals surface area (Å²) in [6.07, 6.45) is -4.55. The van der Waals surface area contributed by atoms with Crippen LogP contribution in [0.15, 0.2) is 63.4 Å². The molecule has 0 aliphatic rings. The molecule has 0 aromatic heterocycles. The molecule has 10 heteroatoms. The molecule has 0 heterocycles. The average molecular weight is 447 g/mol. The van der Waals surface area contributed by atoms with E-state index in [1.54, 1.807) is 13.0 Å². The number of anilines is 1. The van der Waals surface area contributed by atoms with Crippen molar-refractivity contribution in [3.63, 3.8) is 0 Å². The van der Waals surface area contributed by atoms with Crippen molar-refractivity contribution in [2.45, 2.75) is 18.0 Å². The number of hydrogen-bond acceptors (Lipinski definition) is 5. The van der Waals surface area contributed by atoms with Crippen molar-refractivity contribution in [3.8, 4) is 6.07 Å². The lowest BCUT2D eigenvalue weighted by Gasteiger charge is -2.14. The van der Waals surface area contributed by atoms with E-state index < -0.39 is 26.5 Å². The predicted molar refractivity (Wildman–Crippen MR) is 104 cm³/mol. The van der Waals surface area contributed by atoms with Crippen LogP contribution in [0.25, 0.3) is 0 Å². The van der Waals surface area contributed by atoms with Crippen molar-refractivity contribution >= 4 is 38.9 Å². The van der Waals surface area contributed by atoms with Crippen LogP contribution >= 0.6 is 23.4 Å². The van der Waals surface area contributed by atoms with E-state index in [-0.39, 0.29) is 15.6 Å². The van der Waals surface area contributed by atoms with Crippen molar-refractivity contribution < 1.29 is 21.6 Å². The Hall–Kier alpha value is -2.15. The number of thioether (sulfide) groups is 1. The zero-order valence-electron chi connectivity index (χ0n) is 14.4. The summed E-state index contributed by atoms with van der Waals surface area (Å²) in [7, 11) is -4.19. The minimum absolute atomic E-state index is 0.0184. The molecular weight excluding hydrogens is 433 g/mol. The van der Waals surface area contributed by atoms with Gasteiger partial charge in [-0.05, 0) is 48.2 Å². The first kappa shape index (κ1) is 22.1. The second-order valence-corrected chi connectivity index (χ2v) is 8.96. The van der Waals surface area contributed by atoms with Gasteiger partial charge in [0.25, 0.3) is 0 Å². The maximum Gasteiger partial charge on any atom is 0.416 e. The molecule has 1 N–H and O–H groups in total. The SMILES string of the molecule is CCS/C(Nc1cccc(C(F)(F)F)c1)=C(/C#N)S(=O)(=O)c1ccc(Cl)cc1. The molecule has 4 nitrogen and oxygen atoms in total. The number of halogens is 4. The number of nitrogens with one attached hydrogen (secondary N) is 1. The number of hydrogen-bond donors (Lipinski definition) is 1. The molecule has 0 spiro atoms. The summed E-state index contributed by atoms with van der Waals surface area (Å²) in [5.41, 5.74) is -0.873. The summed E-state index contributed by atoms with van der Waals surface area (Å²) >= 11 is 6.77. The number of nitriles is 1. The normalized spacial score (nSPS) is 12.9. The Bertz CT molecular complexity index is 1030. The first-order valence-electron chi connectivity index (χ1n) is 7.81. The molecule has 0 aliphatic carbocycles. The van der Waals surface area contributed by atoms with Crippen LogP contribution in [0.2, 0.25) is 5.02 Å². The molecule has 0 amide bonds. The van der Waals surface area contributed by atoms with Gasteiger partial charge < -0.3 is 5.32 Å². The van der Waals surface area contributed by atoms with Crippen LogP contribution in [0.1, 0.15) is 12.5 Å². The Labute approximate surface area is 169 Å². The van der Waals surface area contributed by atoms with Crippen LogP contribution in [0.5, 0.6) is 0 Å². The molecule has 2 aromatic rings. The molecule has 0 atom stereocenters. The minimum Gasteiger partial charge on any atom is -0.349 e. The van der Waals surface area contributed by atoms with Gasteiger partial charge in [0, 0.05) is 10.7 Å². The third-order valence-electron chi connectivity index (χ3n) is 3.44. The largest absolute Gasteiger partial charge is 0.416 e. The van der Waals surface area contributed by atoms with Gasteiger partial charge in [-0.25, -0.2) is 8.42 Å². The number of benzene rings is 2. The monoisotopic (exact) mass is 446 g/mol. The highest BCUT2D eigenvalue weighted by molar-refractivity contribution is 8.04. The predicted octanol–water partition coefficient (Wildman–Crippen LogP) is 5.69. The quantitative estimate of drug-likeness (QED) is 0.577. The van der Waals surface area contributed by atoms with Gasteiger partial charge in [-0.3, -0.25) is 0 Å². The molecule has 0 aliphatic heterocycles. The standard InChI is InChI=1S/C18H14ClF3N2O2S2/c1-2-27-17(24-14-5-3-4-12(10-14)18(20,21)22)16(11-23)28(25,26)15-8-6-13(19)7-9-15/h3-10,24H,2H2,1H3/b17-16-. The highest BCUT2D eigenvalue weighted by atomic mass is 35.5. The lowest BCUT2D eigenvalue weighted by atomic mass is 10.2. The lowest BCUT2D eigenvalue weighted by Crippen LogP contribution is -2.11. The molecule has 148 valence electrons. The average Bonchev–Trinajstić information content (AvgIpc) is 2.62. The van der Waals surface area contributed by atoms with Crippen molar-refractivity contribution in [3.05, 3.63) is 69.1 Å². The molecule has 0 unspecified atom stereocenters. The Kier molecular flexibility index (Phi) is 7.04. The van der Waals surface area contributed by atoms with Crippen molar-refractivity contribution in [1.29, 1.82) is 5.26 Å². The van der Waals surface area contributed by atoms with Gasteiger partial charge in [-0.2, -0.15) is 18.4 Å². The number of allylic oxidation sites excluding steroid dienone is 1. The zero-order chi connectivity index (χ0) is 20.9. The molecule has 28 heavy (non-hydrogen) atoms. The van der Waals surface area contributed by atoms with E-state index in [0.717, 1.165) is 23.9 Å². The molecule has 0 radical (unpaired) electrons. The molecular formula is C18H14ClF3N2O2S2. The van der Waals surface area contributed by atoms with Gasteiger partial charge in [0.2, 0.25) is 9.84 Å². The Balaban J connectivity index is 2.53. The van der Waals surface area contributed by atoms with E-state index >= 15 is 0 Å². The molecule has 0 saturated heterocycles. The number of sulfone groups is 1. The number of alkyl halides is 3. The molecule has 0 saturated carbocycles. The second-order valence-electron chi connectivity index (χ2n) is 5.36. The van der Waals surface area contributed by atoms with E-state index in [4.69, 9.17) is 11.6 Å². The fourth-order valence-electron chi connectivity index (χ4n) is 2.17. The summed E-state index contributed by atoms with van der Waals surface area (Å²) in [6.45, 7) is 1.72. The van der Waals surface area contributed by atoms with Gasteiger partial charge in [0.05, 0.1) is 10.5 Å². The van der Waals surface area contributed by atoms with E-state index in [1.165, 1.54) is 36.4 Å². The van der Waals surface area contributed by atoms with Crippen LogP contribution in [0, 0.1) is 11.3 Å². The third kappa shape index (κ3) is 5.22. The zero-order valence-corrected chi connectivity index (χ0v) is 16.8. The van der Waals surface area contributed by atoms with Gasteiger partial charge in [-0.15, -0.1) is 11.8 Å². The van der Waals surface area contributed by atoms with Crippen LogP contribution in [0.4, 0.5) is 18.9 Å². The maximum atomic E-state index is 12.9. The lowest BCUT2D eigenvalue weighted by molar-refractivity contribution is -0.137. The molecule has 2 aromatic carbocycles. The first-order valence-corrected chi connectivity index (χ1v) is 10.7. The number of nitrogens with zero attached hydrogens (tertiary/aromatic N) is 1. The van der Waals surface area contributed by atoms with Crippen LogP contribution in [-0.4, -0.2) is 14.2 Å². The topological polar surface area (TPSA) is 70.0 Å². The summed E-state index contributed by atoms with van der Waals surface area (Å²) in [5, 5.41) is 12.4. The van der Waals surface area contributed by atoms with E-state index in [0.29, 0.717) is 10.8 Å². The highest BCUT2D eigenvalue weighted by Crippen LogP contribution is 2.33. The maximum absolute atomic E-state index is 12.9. The molecule has 0 bridgehead atoms. The van der Waals surface area contributed by atoms with Crippen molar-refractivity contribution in [1.82, 2.24) is 0 Å². The van der Waals surface area contributed by atoms with Crippen LogP contribution in [0.3, 0.4) is 0 Å². The Morgan fingerprint density at radius 1 is 1.21 bits per heavy atom. The van der Waals surface area contributed by atoms with Gasteiger partial charge in [-0.1, -0.05) is 24.6 Å². The second kappa shape index (κ2) is 8.90. The van der Waals surface area contributed by atoms with Gasteiger partial charge in [0.1, 0.15) is 11.1 Å². The smallest absolute Gasteiger partial charge is 0.349 e. The summed E-state index contributed by atoms with van der Waals surface area (Å²) in [4.78, 5) is -0.729. The summed E-state index contributed by atoms with van der Waals surface area (Å²) in [6, 6.07) is 11.2. The van der Waals surface area contributed by atoms with Crippen molar-refractivity contribution in [2.24, 2.45) is 0 Å². The van der Waals surface area contributed by atoms with Crippen molar-refractivity contribution in [2.75, 3.05) is 11.1 Å². The highest BCUT2D eigenvalue weighted by Gasteiger charge is 2.31. The van der Waals surface area contributed by atoms with Gasteiger partial charge in [0.15, 0.2) is 4.91 Å². The molecule has 2 rings (SSSR count). The Morgan fingerprint density at radius 2 is 1.86 bits per heavy atom. The molecule has 0 fully saturated rings. The third-order valence-corrected chi connectivity index (χ3v) is 6.43. The Morgan fingerprint density at radius 3 is 2.39 bits per heavy atom. The van der Waals surface area contributed by atoms with Gasteiger partial charge >= 0.3 is 6.18 Å². The fraction of sp³-hybridized carbons (Fsp3) is 0.167. The fourth-order valence-corrected chi connectivity index (χ4v) is 4.60.